The van der Waals surface area contributed by atoms with Gasteiger partial charge < -0.3 is 20.0 Å². The first kappa shape index (κ1) is 16.9. The van der Waals surface area contributed by atoms with E-state index in [1.807, 2.05) is 0 Å². The number of anilines is 2. The fourth-order valence-electron chi connectivity index (χ4n) is 2.73. The normalized spacial score (nSPS) is 16.6. The molecule has 0 radical (unpaired) electrons. The Morgan fingerprint density at radius 3 is 2.55 bits per heavy atom. The van der Waals surface area contributed by atoms with E-state index < -0.39 is 5.82 Å². The maximum absolute atomic E-state index is 13.4. The van der Waals surface area contributed by atoms with Crippen LogP contribution in [0.25, 0.3) is 0 Å². The third kappa shape index (κ3) is 4.27. The molecule has 2 heterocycles. The fraction of sp³-hybridized carbons (Fsp3) is 0.733. The van der Waals surface area contributed by atoms with Crippen LogP contribution in [0.2, 0.25) is 0 Å². The lowest BCUT2D eigenvalue weighted by Crippen LogP contribution is -2.45. The number of hydrogen-bond acceptors (Lipinski definition) is 6. The summed E-state index contributed by atoms with van der Waals surface area (Å²) in [5.74, 6) is 0.458. The molecule has 0 bridgehead atoms. The van der Waals surface area contributed by atoms with Crippen molar-refractivity contribution in [2.45, 2.75) is 18.9 Å². The minimum atomic E-state index is -0.412. The molecule has 7 heteroatoms. The maximum atomic E-state index is 13.4. The highest BCUT2D eigenvalue weighted by molar-refractivity contribution is 5.42. The second-order valence-electron chi connectivity index (χ2n) is 6.12. The summed E-state index contributed by atoms with van der Waals surface area (Å²) >= 11 is 0. The third-order valence-electron chi connectivity index (χ3n) is 4.24. The lowest BCUT2D eigenvalue weighted by molar-refractivity contribution is 0.190. The van der Waals surface area contributed by atoms with E-state index in [1.165, 1.54) is 6.20 Å². The zero-order chi connectivity index (χ0) is 16.1. The van der Waals surface area contributed by atoms with Crippen molar-refractivity contribution in [3.63, 3.8) is 0 Å². The van der Waals surface area contributed by atoms with Gasteiger partial charge in [0.2, 0.25) is 5.95 Å². The average molecular weight is 310 g/mol. The average Bonchev–Trinajstić information content (AvgIpc) is 2.53. The van der Waals surface area contributed by atoms with Gasteiger partial charge in [0.25, 0.3) is 0 Å². The first-order valence-electron chi connectivity index (χ1n) is 7.81. The Hall–Kier alpha value is -1.47. The molecule has 6 nitrogen and oxygen atoms in total. The van der Waals surface area contributed by atoms with E-state index >= 15 is 0 Å². The standard InChI is InChI=1S/C15H27FN6/c1-17-14-13(16)11-18-15(19-14)22-7-5-12(6-8-22)21(4)10-9-20(2)3/h11-12H,5-10H2,1-4H3,(H,17,18,19). The van der Waals surface area contributed by atoms with Gasteiger partial charge in [-0.15, -0.1) is 0 Å². The quantitative estimate of drug-likeness (QED) is 0.850. The summed E-state index contributed by atoms with van der Waals surface area (Å²) in [7, 11) is 8.06. The number of piperidine rings is 1. The van der Waals surface area contributed by atoms with Crippen LogP contribution < -0.4 is 10.2 Å². The van der Waals surface area contributed by atoms with Crippen LogP contribution in [0.3, 0.4) is 0 Å². The molecule has 0 spiro atoms. The SMILES string of the molecule is CNc1nc(N2CCC(N(C)CCN(C)C)CC2)ncc1F. The van der Waals surface area contributed by atoms with Crippen LogP contribution in [0.1, 0.15) is 12.8 Å². The first-order chi connectivity index (χ1) is 10.5. The van der Waals surface area contributed by atoms with E-state index in [1.54, 1.807) is 7.05 Å². The Labute approximate surface area is 132 Å². The minimum absolute atomic E-state index is 0.259. The lowest BCUT2D eigenvalue weighted by Gasteiger charge is -2.37. The topological polar surface area (TPSA) is 47.5 Å². The molecule has 0 saturated carbocycles. The Balaban J connectivity index is 1.89. The van der Waals surface area contributed by atoms with Crippen LogP contribution in [0.15, 0.2) is 6.20 Å². The second kappa shape index (κ2) is 7.69. The molecule has 1 aromatic rings. The van der Waals surface area contributed by atoms with Crippen molar-refractivity contribution >= 4 is 11.8 Å². The molecule has 124 valence electrons. The van der Waals surface area contributed by atoms with Crippen LogP contribution in [0.4, 0.5) is 16.2 Å². The van der Waals surface area contributed by atoms with Crippen LogP contribution in [-0.2, 0) is 0 Å². The molecule has 1 aliphatic heterocycles. The Bertz CT molecular complexity index is 473. The summed E-state index contributed by atoms with van der Waals surface area (Å²) in [6.07, 6.45) is 3.41. The van der Waals surface area contributed by atoms with Gasteiger partial charge in [0.15, 0.2) is 11.6 Å². The van der Waals surface area contributed by atoms with Crippen molar-refractivity contribution in [1.82, 2.24) is 19.8 Å². The minimum Gasteiger partial charge on any atom is -0.371 e. The van der Waals surface area contributed by atoms with Crippen LogP contribution in [0.5, 0.6) is 0 Å². The summed E-state index contributed by atoms with van der Waals surface area (Å²) in [4.78, 5) is 15.1. The summed E-state index contributed by atoms with van der Waals surface area (Å²) in [6.45, 7) is 3.97. The van der Waals surface area contributed by atoms with E-state index in [4.69, 9.17) is 0 Å². The van der Waals surface area contributed by atoms with E-state index in [0.29, 0.717) is 12.0 Å². The molecule has 1 aromatic heterocycles. The van der Waals surface area contributed by atoms with Gasteiger partial charge in [-0.2, -0.15) is 4.98 Å². The van der Waals surface area contributed by atoms with Crippen LogP contribution in [-0.4, -0.2) is 80.2 Å². The monoisotopic (exact) mass is 310 g/mol. The molecule has 1 N–H and O–H groups in total. The molecule has 0 amide bonds. The van der Waals surface area contributed by atoms with Gasteiger partial charge in [0.1, 0.15) is 0 Å². The molecule has 1 saturated heterocycles. The van der Waals surface area contributed by atoms with E-state index in [9.17, 15) is 4.39 Å². The van der Waals surface area contributed by atoms with Crippen molar-refractivity contribution in [2.75, 3.05) is 64.6 Å². The smallest absolute Gasteiger partial charge is 0.227 e. The van der Waals surface area contributed by atoms with E-state index in [2.05, 4.69) is 51.1 Å². The highest BCUT2D eigenvalue weighted by Gasteiger charge is 2.24. The molecule has 0 aromatic carbocycles. The van der Waals surface area contributed by atoms with Gasteiger partial charge in [-0.1, -0.05) is 0 Å². The number of halogens is 1. The number of aromatic nitrogens is 2. The van der Waals surface area contributed by atoms with Crippen LogP contribution in [0, 0.1) is 5.82 Å². The van der Waals surface area contributed by atoms with Gasteiger partial charge >= 0.3 is 0 Å². The summed E-state index contributed by atoms with van der Waals surface area (Å²) in [5, 5.41) is 2.76. The second-order valence-corrected chi connectivity index (χ2v) is 6.12. The molecule has 0 aliphatic carbocycles. The van der Waals surface area contributed by atoms with E-state index in [0.717, 1.165) is 39.0 Å². The van der Waals surface area contributed by atoms with Gasteiger partial charge in [-0.3, -0.25) is 0 Å². The predicted molar refractivity (Wildman–Crippen MR) is 88.0 cm³/mol. The van der Waals surface area contributed by atoms with Gasteiger partial charge in [-0.25, -0.2) is 9.37 Å². The molecule has 0 atom stereocenters. The molecule has 1 fully saturated rings. The zero-order valence-electron chi connectivity index (χ0n) is 14.0. The van der Waals surface area contributed by atoms with E-state index in [-0.39, 0.29) is 5.82 Å². The van der Waals surface area contributed by atoms with Crippen LogP contribution >= 0.6 is 0 Å². The fourth-order valence-corrected chi connectivity index (χ4v) is 2.73. The third-order valence-corrected chi connectivity index (χ3v) is 4.24. The van der Waals surface area contributed by atoms with Crippen molar-refractivity contribution in [3.05, 3.63) is 12.0 Å². The highest BCUT2D eigenvalue weighted by Crippen LogP contribution is 2.21. The Morgan fingerprint density at radius 2 is 1.95 bits per heavy atom. The molecule has 1 aliphatic rings. The molecule has 2 rings (SSSR count). The first-order valence-corrected chi connectivity index (χ1v) is 7.81. The molecule has 22 heavy (non-hydrogen) atoms. The maximum Gasteiger partial charge on any atom is 0.227 e. The number of nitrogens with zero attached hydrogens (tertiary/aromatic N) is 5. The molecular formula is C15H27FN6. The Kier molecular flexibility index (Phi) is 5.90. The Morgan fingerprint density at radius 1 is 1.27 bits per heavy atom. The highest BCUT2D eigenvalue weighted by atomic mass is 19.1. The van der Waals surface area contributed by atoms with Gasteiger partial charge in [0, 0.05) is 39.3 Å². The lowest BCUT2D eigenvalue weighted by atomic mass is 10.0. The number of likely N-dealkylation sites (N-methyl/N-ethyl adjacent to an activating group) is 2. The molecule has 0 unspecified atom stereocenters. The zero-order valence-corrected chi connectivity index (χ0v) is 14.0. The predicted octanol–water partition coefficient (Wildman–Crippen LogP) is 1.12. The number of rotatable bonds is 6. The van der Waals surface area contributed by atoms with Gasteiger partial charge in [0.05, 0.1) is 6.20 Å². The number of nitrogens with one attached hydrogen (secondary N) is 1. The van der Waals surface area contributed by atoms with Crippen molar-refractivity contribution < 1.29 is 4.39 Å². The summed E-state index contributed by atoms with van der Waals surface area (Å²) < 4.78 is 13.4. The summed E-state index contributed by atoms with van der Waals surface area (Å²) in [6, 6.07) is 0.598. The molecular weight excluding hydrogens is 283 g/mol. The van der Waals surface area contributed by atoms with Crippen molar-refractivity contribution in [1.29, 1.82) is 0 Å². The number of hydrogen-bond donors (Lipinski definition) is 1. The largest absolute Gasteiger partial charge is 0.371 e. The van der Waals surface area contributed by atoms with Crippen molar-refractivity contribution in [3.8, 4) is 0 Å². The van der Waals surface area contributed by atoms with Crippen molar-refractivity contribution in [2.24, 2.45) is 0 Å². The summed E-state index contributed by atoms with van der Waals surface area (Å²) in [5.41, 5.74) is 0. The van der Waals surface area contributed by atoms with Gasteiger partial charge in [-0.05, 0) is 34.0 Å².